The highest BCUT2D eigenvalue weighted by Crippen LogP contribution is 2.32. The van der Waals surface area contributed by atoms with E-state index in [2.05, 4.69) is 13.2 Å². The van der Waals surface area contributed by atoms with Gasteiger partial charge in [0.2, 0.25) is 23.1 Å². The van der Waals surface area contributed by atoms with Crippen LogP contribution < -0.4 is 9.47 Å². The molecule has 3 rings (SSSR count). The number of unbranched alkanes of at least 4 members (excludes halogenated alkanes) is 2. The van der Waals surface area contributed by atoms with E-state index in [4.69, 9.17) is 28.4 Å². The van der Waals surface area contributed by atoms with Crippen molar-refractivity contribution in [2.45, 2.75) is 65.2 Å². The number of hydrogen-bond acceptors (Lipinski definition) is 14. The largest absolute Gasteiger partial charge is 0.513 e. The summed E-state index contributed by atoms with van der Waals surface area (Å²) in [4.78, 5) is 98.4. The van der Waals surface area contributed by atoms with E-state index >= 15 is 0 Å². The molecule has 0 aromatic heterocycles. The standard InChI is InChI=1S/C40H44O14/c1-25(2)37(45)49-21-5-7-23-51-39(47)53-31-17-13-29(14-18-31)35(43)33(41)27-9-11-28(12-10-27)34(42)36(44)30-15-19-32(20-16-30)54-40(48)52-24-8-6-22-50-38(46)26(3)4/h13-20,27-28H,1,3,5-12,21-24H2,2,4H3/t27-,28-. The van der Waals surface area contributed by atoms with Gasteiger partial charge < -0.3 is 28.4 Å². The first-order valence-electron chi connectivity index (χ1n) is 17.5. The summed E-state index contributed by atoms with van der Waals surface area (Å²) in [5, 5.41) is 0. The van der Waals surface area contributed by atoms with Crippen molar-refractivity contribution in [2.24, 2.45) is 11.8 Å². The third-order valence-corrected chi connectivity index (χ3v) is 8.23. The molecule has 0 bridgehead atoms. The SMILES string of the molecule is C=C(C)C(=O)OCCCCOC(=O)Oc1ccc(C(=O)C(=O)[C@H]2CC[C@H](C(=O)C(=O)c3ccc(OC(=O)OCCCCOC(=O)C(=C)C)cc3)CC2)cc1. The molecule has 0 N–H and O–H groups in total. The van der Waals surface area contributed by atoms with E-state index in [-0.39, 0.29) is 74.7 Å². The van der Waals surface area contributed by atoms with E-state index in [1.54, 1.807) is 13.8 Å². The number of esters is 2. The van der Waals surface area contributed by atoms with E-state index in [0.717, 1.165) is 0 Å². The number of benzene rings is 2. The molecular weight excluding hydrogens is 704 g/mol. The second kappa shape index (κ2) is 21.6. The summed E-state index contributed by atoms with van der Waals surface area (Å²) < 4.78 is 30.1. The molecule has 14 heteroatoms. The van der Waals surface area contributed by atoms with Crippen LogP contribution in [0.15, 0.2) is 72.8 Å². The van der Waals surface area contributed by atoms with Crippen molar-refractivity contribution >= 4 is 47.4 Å². The molecule has 54 heavy (non-hydrogen) atoms. The van der Waals surface area contributed by atoms with Crippen molar-refractivity contribution in [3.8, 4) is 11.5 Å². The number of Topliss-reactive ketones (excluding diaryl/α,β-unsaturated/α-hetero) is 4. The average Bonchev–Trinajstić information content (AvgIpc) is 3.16. The molecule has 2 aromatic carbocycles. The summed E-state index contributed by atoms with van der Waals surface area (Å²) in [6.07, 6.45) is 0.942. The lowest BCUT2D eigenvalue weighted by Gasteiger charge is -2.26. The summed E-state index contributed by atoms with van der Waals surface area (Å²) >= 11 is 0. The summed E-state index contributed by atoms with van der Waals surface area (Å²) in [6, 6.07) is 10.9. The monoisotopic (exact) mass is 748 g/mol. The van der Waals surface area contributed by atoms with Crippen molar-refractivity contribution in [3.63, 3.8) is 0 Å². The number of ketones is 4. The minimum atomic E-state index is -0.955. The smallest absolute Gasteiger partial charge is 0.462 e. The van der Waals surface area contributed by atoms with Gasteiger partial charge in [0, 0.05) is 34.1 Å². The molecule has 14 nitrogen and oxygen atoms in total. The van der Waals surface area contributed by atoms with Gasteiger partial charge in [0.15, 0.2) is 0 Å². The number of carbonyl (C=O) groups excluding carboxylic acids is 8. The van der Waals surface area contributed by atoms with E-state index in [9.17, 15) is 38.4 Å². The maximum absolute atomic E-state index is 13.0. The number of rotatable bonds is 20. The Hall–Kier alpha value is -5.92. The molecule has 1 fully saturated rings. The van der Waals surface area contributed by atoms with Crippen LogP contribution in [0.25, 0.3) is 0 Å². The topological polar surface area (TPSA) is 192 Å². The quantitative estimate of drug-likeness (QED) is 0.0270. The van der Waals surface area contributed by atoms with Crippen LogP contribution in [-0.2, 0) is 38.1 Å². The minimum absolute atomic E-state index is 0.0429. The van der Waals surface area contributed by atoms with Crippen molar-refractivity contribution in [1.29, 1.82) is 0 Å². The summed E-state index contributed by atoms with van der Waals surface area (Å²) in [6.45, 7) is 10.5. The fourth-order valence-electron chi connectivity index (χ4n) is 5.17. The molecule has 0 heterocycles. The predicted molar refractivity (Wildman–Crippen MR) is 191 cm³/mol. The molecule has 1 saturated carbocycles. The van der Waals surface area contributed by atoms with Gasteiger partial charge in [0.05, 0.1) is 26.4 Å². The Morgan fingerprint density at radius 2 is 0.796 bits per heavy atom. The first-order valence-corrected chi connectivity index (χ1v) is 17.5. The summed E-state index contributed by atoms with van der Waals surface area (Å²) in [7, 11) is 0. The molecule has 2 aromatic rings. The first-order chi connectivity index (χ1) is 25.8. The Bertz CT molecular complexity index is 1590. The van der Waals surface area contributed by atoms with Gasteiger partial charge >= 0.3 is 24.2 Å². The normalized spacial score (nSPS) is 14.8. The second-order valence-electron chi connectivity index (χ2n) is 12.6. The lowest BCUT2D eigenvalue weighted by Crippen LogP contribution is -2.32. The Morgan fingerprint density at radius 1 is 0.500 bits per heavy atom. The second-order valence-corrected chi connectivity index (χ2v) is 12.6. The van der Waals surface area contributed by atoms with Gasteiger partial charge in [-0.05, 0) is 114 Å². The lowest BCUT2D eigenvalue weighted by molar-refractivity contribution is -0.140. The van der Waals surface area contributed by atoms with Gasteiger partial charge in [-0.1, -0.05) is 13.2 Å². The van der Waals surface area contributed by atoms with Gasteiger partial charge in [-0.2, -0.15) is 0 Å². The maximum Gasteiger partial charge on any atom is 0.513 e. The maximum atomic E-state index is 13.0. The zero-order valence-corrected chi connectivity index (χ0v) is 30.4. The summed E-state index contributed by atoms with van der Waals surface area (Å²) in [5.41, 5.74) is 0.806. The molecule has 1 aliphatic carbocycles. The first kappa shape index (κ1) is 42.5. The predicted octanol–water partition coefficient (Wildman–Crippen LogP) is 6.53. The van der Waals surface area contributed by atoms with E-state index in [1.165, 1.54) is 48.5 Å². The zero-order chi connectivity index (χ0) is 39.6. The Morgan fingerprint density at radius 3 is 1.09 bits per heavy atom. The number of hydrogen-bond donors (Lipinski definition) is 0. The highest BCUT2D eigenvalue weighted by Gasteiger charge is 2.35. The molecule has 0 atom stereocenters. The molecule has 0 radical (unpaired) electrons. The van der Waals surface area contributed by atoms with Crippen LogP contribution in [-0.4, -0.2) is 73.8 Å². The number of carbonyl (C=O) groups is 8. The molecule has 288 valence electrons. The Labute approximate surface area is 312 Å². The fraction of sp³-hybridized carbons (Fsp3) is 0.400. The summed E-state index contributed by atoms with van der Waals surface area (Å²) in [5.74, 6) is -4.62. The van der Waals surface area contributed by atoms with Gasteiger partial charge in [-0.25, -0.2) is 19.2 Å². The molecule has 0 saturated heterocycles. The lowest BCUT2D eigenvalue weighted by atomic mass is 9.76. The molecule has 0 spiro atoms. The molecular formula is C40H44O14. The van der Waals surface area contributed by atoms with Crippen LogP contribution in [0.3, 0.4) is 0 Å². The molecule has 0 aliphatic heterocycles. The van der Waals surface area contributed by atoms with E-state index < -0.39 is 59.2 Å². The highest BCUT2D eigenvalue weighted by molar-refractivity contribution is 6.45. The Kier molecular flexibility index (Phi) is 17.0. The van der Waals surface area contributed by atoms with Gasteiger partial charge in [0.25, 0.3) is 0 Å². The fourth-order valence-corrected chi connectivity index (χ4v) is 5.17. The van der Waals surface area contributed by atoms with Crippen LogP contribution in [0.1, 0.15) is 85.9 Å². The van der Waals surface area contributed by atoms with Crippen molar-refractivity contribution in [2.75, 3.05) is 26.4 Å². The van der Waals surface area contributed by atoms with Gasteiger partial charge in [-0.15, -0.1) is 0 Å². The molecule has 0 unspecified atom stereocenters. The average molecular weight is 749 g/mol. The minimum Gasteiger partial charge on any atom is -0.462 e. The Balaban J connectivity index is 1.36. The van der Waals surface area contributed by atoms with Crippen molar-refractivity contribution in [1.82, 2.24) is 0 Å². The zero-order valence-electron chi connectivity index (χ0n) is 30.4. The molecule has 0 amide bonds. The van der Waals surface area contributed by atoms with Crippen molar-refractivity contribution in [3.05, 3.63) is 84.0 Å². The van der Waals surface area contributed by atoms with Gasteiger partial charge in [-0.3, -0.25) is 19.2 Å². The van der Waals surface area contributed by atoms with E-state index in [0.29, 0.717) is 36.8 Å². The van der Waals surface area contributed by atoms with Crippen LogP contribution in [0, 0.1) is 11.8 Å². The van der Waals surface area contributed by atoms with Crippen LogP contribution in [0.5, 0.6) is 11.5 Å². The molecule has 1 aliphatic rings. The van der Waals surface area contributed by atoms with Crippen LogP contribution in [0.2, 0.25) is 0 Å². The highest BCUT2D eigenvalue weighted by atomic mass is 16.7. The van der Waals surface area contributed by atoms with Crippen LogP contribution in [0.4, 0.5) is 9.59 Å². The van der Waals surface area contributed by atoms with Crippen LogP contribution >= 0.6 is 0 Å². The number of ether oxygens (including phenoxy) is 6. The van der Waals surface area contributed by atoms with Gasteiger partial charge in [0.1, 0.15) is 11.5 Å². The van der Waals surface area contributed by atoms with Crippen molar-refractivity contribution < 1.29 is 66.8 Å². The third-order valence-electron chi connectivity index (χ3n) is 8.23. The third kappa shape index (κ3) is 13.9. The van der Waals surface area contributed by atoms with E-state index in [1.807, 2.05) is 0 Å².